The van der Waals surface area contributed by atoms with E-state index in [0.29, 0.717) is 0 Å². The summed E-state index contributed by atoms with van der Waals surface area (Å²) in [6.45, 7) is 0. The monoisotopic (exact) mass is 191 g/mol. The largest absolute Gasteiger partial charge is 0.0882 e. The van der Waals surface area contributed by atoms with Crippen LogP contribution in [0.5, 0.6) is 0 Å². The standard InChI is InChI=1S/C14H23/c1-2-4-6-8-10-12-14-13-11-9-7-5-3-1/h1-2,5H,3-4,6,8-14H2/b2-1+,7-5?. The molecule has 14 heavy (non-hydrogen) atoms. The minimum Gasteiger partial charge on any atom is -0.0882 e. The highest BCUT2D eigenvalue weighted by molar-refractivity contribution is 4.89. The van der Waals surface area contributed by atoms with Crippen molar-refractivity contribution in [3.8, 4) is 0 Å². The number of rotatable bonds is 0. The predicted octanol–water partition coefficient (Wildman–Crippen LogP) is 4.82. The van der Waals surface area contributed by atoms with E-state index in [0.717, 1.165) is 12.8 Å². The molecule has 0 bridgehead atoms. The van der Waals surface area contributed by atoms with Crippen molar-refractivity contribution in [2.75, 3.05) is 0 Å². The molecule has 0 saturated heterocycles. The van der Waals surface area contributed by atoms with E-state index < -0.39 is 0 Å². The molecule has 0 aromatic rings. The van der Waals surface area contributed by atoms with E-state index >= 15 is 0 Å². The lowest BCUT2D eigenvalue weighted by molar-refractivity contribution is 0.581. The van der Waals surface area contributed by atoms with Gasteiger partial charge < -0.3 is 0 Å². The SMILES string of the molecule is [C]1=C/C/C=C/CCCCCCCCC/1. The van der Waals surface area contributed by atoms with Gasteiger partial charge in [0.05, 0.1) is 0 Å². The molecule has 1 aliphatic carbocycles. The smallest absolute Gasteiger partial charge is 0.0163 e. The summed E-state index contributed by atoms with van der Waals surface area (Å²) in [5.41, 5.74) is 0. The van der Waals surface area contributed by atoms with Gasteiger partial charge in [0, 0.05) is 0 Å². The molecule has 0 amide bonds. The van der Waals surface area contributed by atoms with Gasteiger partial charge in [0.1, 0.15) is 0 Å². The Labute approximate surface area is 89.1 Å². The third kappa shape index (κ3) is 6.94. The molecule has 0 saturated carbocycles. The summed E-state index contributed by atoms with van der Waals surface area (Å²) in [5, 5.41) is 0. The first-order valence-electron chi connectivity index (χ1n) is 6.20. The van der Waals surface area contributed by atoms with Crippen molar-refractivity contribution in [1.82, 2.24) is 0 Å². The molecule has 0 heteroatoms. The van der Waals surface area contributed by atoms with Gasteiger partial charge in [0.15, 0.2) is 0 Å². The Morgan fingerprint density at radius 2 is 1.43 bits per heavy atom. The van der Waals surface area contributed by atoms with Gasteiger partial charge in [-0.1, -0.05) is 50.3 Å². The molecule has 79 valence electrons. The minimum absolute atomic E-state index is 1.08. The lowest BCUT2D eigenvalue weighted by atomic mass is 10.1. The third-order valence-electron chi connectivity index (χ3n) is 2.76. The van der Waals surface area contributed by atoms with Crippen LogP contribution in [0.4, 0.5) is 0 Å². The van der Waals surface area contributed by atoms with Gasteiger partial charge in [-0.15, -0.1) is 0 Å². The van der Waals surface area contributed by atoms with E-state index in [2.05, 4.69) is 24.3 Å². The van der Waals surface area contributed by atoms with E-state index in [4.69, 9.17) is 0 Å². The minimum atomic E-state index is 1.08. The number of hydrogen-bond donors (Lipinski definition) is 0. The first-order valence-corrected chi connectivity index (χ1v) is 6.20. The first kappa shape index (κ1) is 11.6. The summed E-state index contributed by atoms with van der Waals surface area (Å²) in [7, 11) is 0. The van der Waals surface area contributed by atoms with E-state index in [1.165, 1.54) is 51.4 Å². The average molecular weight is 191 g/mol. The summed E-state index contributed by atoms with van der Waals surface area (Å²) in [5.74, 6) is 0. The molecular formula is C14H23. The van der Waals surface area contributed by atoms with Crippen LogP contribution in [0.2, 0.25) is 0 Å². The van der Waals surface area contributed by atoms with Crippen molar-refractivity contribution in [3.63, 3.8) is 0 Å². The predicted molar refractivity (Wildman–Crippen MR) is 63.1 cm³/mol. The molecule has 0 aromatic carbocycles. The Kier molecular flexibility index (Phi) is 7.47. The molecule has 0 fully saturated rings. The highest BCUT2D eigenvalue weighted by atomic mass is 14.0. The molecule has 1 aliphatic rings. The Morgan fingerprint density at radius 3 is 2.29 bits per heavy atom. The van der Waals surface area contributed by atoms with Gasteiger partial charge >= 0.3 is 0 Å². The fraction of sp³-hybridized carbons (Fsp3) is 0.714. The molecule has 0 unspecified atom stereocenters. The van der Waals surface area contributed by atoms with Gasteiger partial charge in [0.25, 0.3) is 0 Å². The first-order chi connectivity index (χ1) is 7.00. The Bertz CT molecular complexity index is 147. The van der Waals surface area contributed by atoms with Crippen molar-refractivity contribution < 1.29 is 0 Å². The number of allylic oxidation sites excluding steroid dienone is 4. The molecular weight excluding hydrogens is 168 g/mol. The summed E-state index contributed by atoms with van der Waals surface area (Å²) >= 11 is 0. The molecule has 0 heterocycles. The van der Waals surface area contributed by atoms with E-state index in [1.807, 2.05) is 0 Å². The summed E-state index contributed by atoms with van der Waals surface area (Å²) < 4.78 is 0. The van der Waals surface area contributed by atoms with Crippen LogP contribution in [-0.2, 0) is 0 Å². The summed E-state index contributed by atoms with van der Waals surface area (Å²) in [6.07, 6.45) is 23.5. The fourth-order valence-electron chi connectivity index (χ4n) is 1.84. The zero-order chi connectivity index (χ0) is 9.90. The van der Waals surface area contributed by atoms with Crippen LogP contribution >= 0.6 is 0 Å². The maximum Gasteiger partial charge on any atom is -0.0163 e. The molecule has 0 N–H and O–H groups in total. The molecule has 1 radical (unpaired) electrons. The van der Waals surface area contributed by atoms with Crippen LogP contribution in [0, 0.1) is 6.08 Å². The quantitative estimate of drug-likeness (QED) is 0.482. The second-order valence-corrected chi connectivity index (χ2v) is 4.13. The fourth-order valence-corrected chi connectivity index (χ4v) is 1.84. The average Bonchev–Trinajstić information content (AvgIpc) is 2.22. The van der Waals surface area contributed by atoms with Crippen LogP contribution in [0.1, 0.15) is 64.2 Å². The maximum atomic E-state index is 3.36. The molecule has 1 rings (SSSR count). The number of hydrogen-bond acceptors (Lipinski definition) is 0. The summed E-state index contributed by atoms with van der Waals surface area (Å²) in [6, 6.07) is 0. The Morgan fingerprint density at radius 1 is 0.714 bits per heavy atom. The molecule has 0 spiro atoms. The highest BCUT2D eigenvalue weighted by Crippen LogP contribution is 2.10. The Hall–Kier alpha value is -0.520. The van der Waals surface area contributed by atoms with Gasteiger partial charge in [-0.3, -0.25) is 0 Å². The molecule has 0 nitrogen and oxygen atoms in total. The van der Waals surface area contributed by atoms with Gasteiger partial charge in [-0.25, -0.2) is 0 Å². The van der Waals surface area contributed by atoms with E-state index in [9.17, 15) is 0 Å². The Balaban J connectivity index is 2.17. The zero-order valence-electron chi connectivity index (χ0n) is 9.30. The lowest BCUT2D eigenvalue weighted by Crippen LogP contribution is -1.81. The van der Waals surface area contributed by atoms with Crippen LogP contribution in [0.25, 0.3) is 0 Å². The van der Waals surface area contributed by atoms with Gasteiger partial charge in [0.2, 0.25) is 0 Å². The van der Waals surface area contributed by atoms with Crippen molar-refractivity contribution >= 4 is 0 Å². The van der Waals surface area contributed by atoms with Gasteiger partial charge in [-0.2, -0.15) is 0 Å². The zero-order valence-corrected chi connectivity index (χ0v) is 9.30. The van der Waals surface area contributed by atoms with Crippen molar-refractivity contribution in [3.05, 3.63) is 24.3 Å². The topological polar surface area (TPSA) is 0 Å². The van der Waals surface area contributed by atoms with E-state index in [1.54, 1.807) is 0 Å². The second kappa shape index (κ2) is 9.05. The van der Waals surface area contributed by atoms with Crippen molar-refractivity contribution in [2.45, 2.75) is 64.2 Å². The maximum absolute atomic E-state index is 3.36. The normalized spacial score (nSPS) is 26.3. The highest BCUT2D eigenvalue weighted by Gasteiger charge is 1.91. The van der Waals surface area contributed by atoms with Crippen LogP contribution in [0.3, 0.4) is 0 Å². The van der Waals surface area contributed by atoms with Crippen LogP contribution in [-0.4, -0.2) is 0 Å². The van der Waals surface area contributed by atoms with Gasteiger partial charge in [-0.05, 0) is 38.2 Å². The van der Waals surface area contributed by atoms with Crippen LogP contribution in [0.15, 0.2) is 18.2 Å². The molecule has 0 atom stereocenters. The van der Waals surface area contributed by atoms with Crippen molar-refractivity contribution in [1.29, 1.82) is 0 Å². The lowest BCUT2D eigenvalue weighted by Gasteiger charge is -2.00. The second-order valence-electron chi connectivity index (χ2n) is 4.13. The van der Waals surface area contributed by atoms with Crippen molar-refractivity contribution in [2.24, 2.45) is 0 Å². The van der Waals surface area contributed by atoms with E-state index in [-0.39, 0.29) is 0 Å². The molecule has 0 aromatic heterocycles. The summed E-state index contributed by atoms with van der Waals surface area (Å²) in [4.78, 5) is 0. The van der Waals surface area contributed by atoms with Crippen LogP contribution < -0.4 is 0 Å². The molecule has 0 aliphatic heterocycles. The third-order valence-corrected chi connectivity index (χ3v) is 2.76.